The number of rotatable bonds is 5. The molecule has 0 spiro atoms. The van der Waals surface area contributed by atoms with E-state index in [-0.39, 0.29) is 17.7 Å². The minimum absolute atomic E-state index is 0.236. The van der Waals surface area contributed by atoms with Gasteiger partial charge in [-0.3, -0.25) is 10.1 Å². The summed E-state index contributed by atoms with van der Waals surface area (Å²) in [6, 6.07) is 13.8. The van der Waals surface area contributed by atoms with Crippen molar-refractivity contribution in [1.82, 2.24) is 14.8 Å². The number of nitrogens with one attached hydrogen (secondary N) is 1. The van der Waals surface area contributed by atoms with Gasteiger partial charge in [-0.05, 0) is 49.2 Å². The number of aromatic nitrogens is 3. The van der Waals surface area contributed by atoms with Gasteiger partial charge >= 0.3 is 0 Å². The highest BCUT2D eigenvalue weighted by molar-refractivity contribution is 9.10. The zero-order chi connectivity index (χ0) is 18.7. The lowest BCUT2D eigenvalue weighted by molar-refractivity contribution is -0.120. The highest BCUT2D eigenvalue weighted by Gasteiger charge is 2.30. The van der Waals surface area contributed by atoms with Gasteiger partial charge in [0.1, 0.15) is 12.1 Å². The van der Waals surface area contributed by atoms with Gasteiger partial charge in [-0.15, -0.1) is 5.10 Å². The molecule has 0 saturated carbocycles. The molecule has 0 aliphatic heterocycles. The van der Waals surface area contributed by atoms with Crippen LogP contribution in [0.15, 0.2) is 59.3 Å². The molecule has 134 valence electrons. The summed E-state index contributed by atoms with van der Waals surface area (Å²) >= 11 is 3.44. The van der Waals surface area contributed by atoms with Crippen molar-refractivity contribution in [2.45, 2.75) is 25.8 Å². The van der Waals surface area contributed by atoms with Crippen LogP contribution in [-0.2, 0) is 16.8 Å². The average molecular weight is 417 g/mol. The topological polar surface area (TPSA) is 59.8 Å². The van der Waals surface area contributed by atoms with E-state index in [0.717, 1.165) is 10.0 Å². The molecule has 0 saturated heterocycles. The second-order valence-corrected chi connectivity index (χ2v) is 7.40. The lowest BCUT2D eigenvalue weighted by Crippen LogP contribution is -2.35. The predicted molar refractivity (Wildman–Crippen MR) is 101 cm³/mol. The van der Waals surface area contributed by atoms with E-state index in [4.69, 9.17) is 0 Å². The fraction of sp³-hybridized carbons (Fsp3) is 0.211. The number of benzene rings is 2. The van der Waals surface area contributed by atoms with Crippen molar-refractivity contribution in [3.05, 3.63) is 76.3 Å². The first-order valence-corrected chi connectivity index (χ1v) is 8.85. The maximum Gasteiger partial charge on any atom is 0.248 e. The Morgan fingerprint density at radius 1 is 1.23 bits per heavy atom. The fourth-order valence-electron chi connectivity index (χ4n) is 2.51. The van der Waals surface area contributed by atoms with Gasteiger partial charge in [-0.2, -0.15) is 0 Å². The third-order valence-corrected chi connectivity index (χ3v) is 4.62. The van der Waals surface area contributed by atoms with Crippen LogP contribution in [0, 0.1) is 5.82 Å². The molecule has 3 aromatic rings. The van der Waals surface area contributed by atoms with Crippen LogP contribution >= 0.6 is 15.9 Å². The fourth-order valence-corrected chi connectivity index (χ4v) is 2.95. The Kier molecular flexibility index (Phi) is 5.18. The number of halogens is 2. The molecule has 3 rings (SSSR count). The van der Waals surface area contributed by atoms with E-state index in [9.17, 15) is 9.18 Å². The van der Waals surface area contributed by atoms with E-state index in [1.165, 1.54) is 12.1 Å². The third kappa shape index (κ3) is 4.16. The molecule has 0 fully saturated rings. The van der Waals surface area contributed by atoms with Gasteiger partial charge in [0.15, 0.2) is 0 Å². The van der Waals surface area contributed by atoms with Crippen molar-refractivity contribution < 1.29 is 9.18 Å². The lowest BCUT2D eigenvalue weighted by atomic mass is 9.84. The first kappa shape index (κ1) is 18.3. The van der Waals surface area contributed by atoms with Gasteiger partial charge in [0.05, 0.1) is 12.0 Å². The van der Waals surface area contributed by atoms with Crippen LogP contribution < -0.4 is 5.32 Å². The maximum atomic E-state index is 13.1. The van der Waals surface area contributed by atoms with E-state index in [0.29, 0.717) is 12.1 Å². The summed E-state index contributed by atoms with van der Waals surface area (Å²) in [5.74, 6) is -0.359. The number of nitrogens with zero attached hydrogens (tertiary/aromatic N) is 3. The molecule has 2 aromatic carbocycles. The summed E-state index contributed by atoms with van der Waals surface area (Å²) in [6.07, 6.45) is 1.57. The molecule has 1 N–H and O–H groups in total. The van der Waals surface area contributed by atoms with Crippen LogP contribution in [-0.4, -0.2) is 20.7 Å². The van der Waals surface area contributed by atoms with Crippen LogP contribution in [0.1, 0.15) is 25.0 Å². The Morgan fingerprint density at radius 3 is 2.65 bits per heavy atom. The van der Waals surface area contributed by atoms with Crippen molar-refractivity contribution >= 4 is 27.8 Å². The molecule has 0 atom stereocenters. The Morgan fingerprint density at radius 2 is 1.96 bits per heavy atom. The minimum atomic E-state index is -0.844. The lowest BCUT2D eigenvalue weighted by Gasteiger charge is -2.23. The molecule has 1 aromatic heterocycles. The van der Waals surface area contributed by atoms with Crippen molar-refractivity contribution in [2.24, 2.45) is 0 Å². The Bertz CT molecular complexity index is 921. The van der Waals surface area contributed by atoms with Crippen LogP contribution in [0.3, 0.4) is 0 Å². The summed E-state index contributed by atoms with van der Waals surface area (Å²) in [5.41, 5.74) is 0.933. The molecule has 5 nitrogen and oxygen atoms in total. The second kappa shape index (κ2) is 7.37. The molecule has 0 radical (unpaired) electrons. The normalized spacial score (nSPS) is 11.4. The van der Waals surface area contributed by atoms with Crippen LogP contribution in [0.25, 0.3) is 0 Å². The number of carbonyl (C=O) groups is 1. The van der Waals surface area contributed by atoms with Crippen LogP contribution in [0.2, 0.25) is 0 Å². The van der Waals surface area contributed by atoms with Crippen molar-refractivity contribution in [3.8, 4) is 0 Å². The monoisotopic (exact) mass is 416 g/mol. The first-order chi connectivity index (χ1) is 12.3. The number of amides is 1. The van der Waals surface area contributed by atoms with Gasteiger partial charge < -0.3 is 0 Å². The number of hydrogen-bond acceptors (Lipinski definition) is 3. The Balaban J connectivity index is 1.70. The highest BCUT2D eigenvalue weighted by Crippen LogP contribution is 2.24. The molecule has 0 bridgehead atoms. The largest absolute Gasteiger partial charge is 0.292 e. The number of hydrogen-bond donors (Lipinski definition) is 1. The summed E-state index contributed by atoms with van der Waals surface area (Å²) in [5, 5.41) is 7.02. The summed E-state index contributed by atoms with van der Waals surface area (Å²) in [6.45, 7) is 4.09. The minimum Gasteiger partial charge on any atom is -0.292 e. The smallest absolute Gasteiger partial charge is 0.248 e. The van der Waals surface area contributed by atoms with E-state index in [1.807, 2.05) is 24.3 Å². The standard InChI is InChI=1S/C19H18BrFN4O/c1-19(2,14-6-8-16(21)9-7-14)17(26)23-18-22-12-25(24-18)11-13-4-3-5-15(20)10-13/h3-10,12H,11H2,1-2H3,(H,23,24,26). The van der Waals surface area contributed by atoms with Gasteiger partial charge in [-0.1, -0.05) is 40.2 Å². The van der Waals surface area contributed by atoms with Crippen LogP contribution in [0.4, 0.5) is 10.3 Å². The summed E-state index contributed by atoms with van der Waals surface area (Å²) < 4.78 is 15.7. The SMILES string of the molecule is CC(C)(C(=O)Nc1ncn(Cc2cccc(Br)c2)n1)c1ccc(F)cc1. The van der Waals surface area contributed by atoms with E-state index < -0.39 is 5.41 Å². The zero-order valence-corrected chi connectivity index (χ0v) is 16.0. The quantitative estimate of drug-likeness (QED) is 0.679. The van der Waals surface area contributed by atoms with E-state index in [2.05, 4.69) is 31.3 Å². The summed E-state index contributed by atoms with van der Waals surface area (Å²) in [7, 11) is 0. The number of anilines is 1. The molecular formula is C19H18BrFN4O. The van der Waals surface area contributed by atoms with Crippen LogP contribution in [0.5, 0.6) is 0 Å². The summed E-state index contributed by atoms with van der Waals surface area (Å²) in [4.78, 5) is 16.8. The molecule has 1 heterocycles. The van der Waals surface area contributed by atoms with Gasteiger partial charge in [0.25, 0.3) is 0 Å². The third-order valence-electron chi connectivity index (χ3n) is 4.13. The highest BCUT2D eigenvalue weighted by atomic mass is 79.9. The molecule has 7 heteroatoms. The molecule has 26 heavy (non-hydrogen) atoms. The Hall–Kier alpha value is -2.54. The maximum absolute atomic E-state index is 13.1. The average Bonchev–Trinajstić information content (AvgIpc) is 3.02. The molecule has 0 unspecified atom stereocenters. The van der Waals surface area contributed by atoms with Crippen molar-refractivity contribution in [1.29, 1.82) is 0 Å². The van der Waals surface area contributed by atoms with Gasteiger partial charge in [0.2, 0.25) is 11.9 Å². The van der Waals surface area contributed by atoms with E-state index >= 15 is 0 Å². The molecular weight excluding hydrogens is 399 g/mol. The second-order valence-electron chi connectivity index (χ2n) is 6.48. The molecule has 0 aliphatic carbocycles. The predicted octanol–water partition coefficient (Wildman–Crippen LogP) is 4.14. The first-order valence-electron chi connectivity index (χ1n) is 8.06. The number of carbonyl (C=O) groups excluding carboxylic acids is 1. The van der Waals surface area contributed by atoms with Gasteiger partial charge in [-0.25, -0.2) is 14.1 Å². The molecule has 1 amide bonds. The Labute approximate surface area is 159 Å². The van der Waals surface area contributed by atoms with Crippen molar-refractivity contribution in [3.63, 3.8) is 0 Å². The van der Waals surface area contributed by atoms with E-state index in [1.54, 1.807) is 37.0 Å². The van der Waals surface area contributed by atoms with Gasteiger partial charge in [0, 0.05) is 4.47 Å². The zero-order valence-electron chi connectivity index (χ0n) is 14.4. The molecule has 0 aliphatic rings. The van der Waals surface area contributed by atoms with Crippen molar-refractivity contribution in [2.75, 3.05) is 5.32 Å².